The molecule has 4 unspecified atom stereocenters. The van der Waals surface area contributed by atoms with Crippen molar-refractivity contribution in [3.05, 3.63) is 309 Å². The molecule has 0 spiro atoms. The Kier molecular flexibility index (Phi) is 33.2. The number of para-hydroxylation sites is 4. The first-order chi connectivity index (χ1) is 57.5. The zero-order chi connectivity index (χ0) is 83.9. The molecule has 0 amide bonds. The first kappa shape index (κ1) is 93.5. The van der Waals surface area contributed by atoms with Crippen LogP contribution in [-0.4, -0.2) is 98.5 Å². The maximum absolute atomic E-state index is 8.56. The van der Waals surface area contributed by atoms with Gasteiger partial charge in [0.15, 0.2) is 0 Å². The van der Waals surface area contributed by atoms with Crippen LogP contribution in [0.15, 0.2) is 274 Å². The number of pyridine rings is 1. The molecule has 0 aliphatic carbocycles. The Hall–Kier alpha value is -10.8. The molecule has 8 aromatic heterocycles. The third-order valence-electron chi connectivity index (χ3n) is 20.5. The second kappa shape index (κ2) is 43.3. The first-order valence-corrected chi connectivity index (χ1v) is 41.0. The molecule has 8 heterocycles. The van der Waals surface area contributed by atoms with Gasteiger partial charge in [0, 0.05) is 136 Å². The first-order valence-electron chi connectivity index (χ1n) is 41.0. The van der Waals surface area contributed by atoms with E-state index in [4.69, 9.17) is 20.4 Å². The minimum absolute atomic E-state index is 0. The third-order valence-corrected chi connectivity index (χ3v) is 20.5. The van der Waals surface area contributed by atoms with Crippen LogP contribution in [0.2, 0.25) is 0 Å². The summed E-state index contributed by atoms with van der Waals surface area (Å²) in [4.78, 5) is 31.5. The second-order valence-corrected chi connectivity index (χ2v) is 32.2. The van der Waals surface area contributed by atoms with Crippen LogP contribution in [0.4, 0.5) is 0 Å². The number of rotatable bonds is 16. The minimum atomic E-state index is -0.375. The third kappa shape index (κ3) is 22.7. The van der Waals surface area contributed by atoms with Crippen LogP contribution < -0.4 is 5.10 Å². The van der Waals surface area contributed by atoms with Crippen molar-refractivity contribution in [1.82, 2.24) is 58.8 Å². The zero-order valence-electron chi connectivity index (χ0n) is 71.1. The normalized spacial score (nSPS) is 12.1. The van der Waals surface area contributed by atoms with E-state index in [9.17, 15) is 0 Å². The summed E-state index contributed by atoms with van der Waals surface area (Å²) in [6, 6.07) is 96.7. The van der Waals surface area contributed by atoms with Crippen molar-refractivity contribution in [1.29, 1.82) is 0 Å². The van der Waals surface area contributed by atoms with E-state index in [1.165, 1.54) is 70.7 Å². The predicted octanol–water partition coefficient (Wildman–Crippen LogP) is 22.5. The summed E-state index contributed by atoms with van der Waals surface area (Å²) in [5, 5.41) is 52.4. The van der Waals surface area contributed by atoms with E-state index in [0.717, 1.165) is 115 Å². The fraction of sp³-hybridized carbons (Fsp3) is 0.243. The van der Waals surface area contributed by atoms with Gasteiger partial charge in [0.1, 0.15) is 19.0 Å². The smallest absolute Gasteiger partial charge is 0.106 e. The van der Waals surface area contributed by atoms with Gasteiger partial charge in [0.05, 0.1) is 30.1 Å². The Morgan fingerprint density at radius 1 is 0.410 bits per heavy atom. The number of hydrogen-bond acceptors (Lipinski definition) is 12. The molecule has 3 radical (unpaired) electrons. The molecule has 4 N–H and O–H groups in total. The van der Waals surface area contributed by atoms with E-state index in [2.05, 4.69) is 333 Å². The number of benzene rings is 10. The Balaban J connectivity index is 0.000000164. The van der Waals surface area contributed by atoms with Gasteiger partial charge in [0.25, 0.3) is 0 Å². The number of aliphatic hydroxyl groups is 4. The van der Waals surface area contributed by atoms with E-state index in [1.807, 2.05) is 55.5 Å². The molecule has 18 aromatic rings. The van der Waals surface area contributed by atoms with Crippen LogP contribution in [0.1, 0.15) is 113 Å². The molecule has 0 fully saturated rings. The summed E-state index contributed by atoms with van der Waals surface area (Å²) < 4.78 is 7.05. The second-order valence-electron chi connectivity index (χ2n) is 32.2. The van der Waals surface area contributed by atoms with E-state index >= 15 is 0 Å². The Morgan fingerprint density at radius 3 is 1.47 bits per heavy atom. The summed E-state index contributed by atoms with van der Waals surface area (Å²) in [5.41, 5.74) is 23.1. The summed E-state index contributed by atoms with van der Waals surface area (Å²) >= 11 is 0. The van der Waals surface area contributed by atoms with Crippen molar-refractivity contribution < 1.29 is 80.7 Å². The standard InChI is InChI=1S/C30H24N3.C29H20N3.C22H22N3.C12H14N3.2C5H12O2.3Ir/c1-20(2)18-33-29-13-6-5-11-25(29)26-16-22(14-15-30(26)33)27-17-28(32-19-31-27)24-12-7-9-21-8-3-4-10-23(21)24;1-20-28(21-10-4-2-5-11-21)29(31-19-30-20)22-16-17-27-25(18-22)24-14-8-9-15-26(24)32(27)23-12-6-3-7-13-23;1-5-25-19-9-7-6-8-16(19)17-12-15(10-11-20(17)25)18-13-21(22(2,3)4)24-14-23-18;1-9(2)7-10-8-12(15-14-10)11-5-3-4-6-13-11;2*1-4(6)3-5(2)7;;;/h3-13,15-17,19-20H,18H2,1-2H3;2-15,17-19H,1H3;6-9,11-14H,5H2,1-4H3;3-6,8-9H,7H2,1-2H3;2*4-7H,3H2,1-2H3;;;/q4*-1;;;;;. The molecule has 16 nitrogen and oxygen atoms in total. The quantitative estimate of drug-likeness (QED) is 0.0664. The van der Waals surface area contributed by atoms with Crippen molar-refractivity contribution in [3.8, 4) is 73.2 Å². The number of fused-ring (bicyclic) bond motifs is 10. The number of aryl methyl sites for hydroxylation is 2. The molecule has 122 heavy (non-hydrogen) atoms. The Morgan fingerprint density at radius 2 is 0.893 bits per heavy atom. The van der Waals surface area contributed by atoms with Crippen molar-refractivity contribution in [2.75, 3.05) is 0 Å². The van der Waals surface area contributed by atoms with Gasteiger partial charge in [-0.05, 0) is 187 Å². The number of hydrogen-bond donors (Lipinski definition) is 4. The molecule has 0 saturated carbocycles. The average Bonchev–Trinajstić information content (AvgIpc) is 1.59. The van der Waals surface area contributed by atoms with Crippen LogP contribution in [0.5, 0.6) is 0 Å². The number of nitrogens with zero attached hydrogens (tertiary/aromatic N) is 12. The minimum Gasteiger partial charge on any atom is -0.573 e. The van der Waals surface area contributed by atoms with Crippen LogP contribution in [0, 0.1) is 37.0 Å². The maximum Gasteiger partial charge on any atom is 0.106 e. The molecule has 631 valence electrons. The van der Waals surface area contributed by atoms with E-state index < -0.39 is 0 Å². The molecule has 0 bridgehead atoms. The van der Waals surface area contributed by atoms with Gasteiger partial charge in [-0.3, -0.25) is 19.9 Å². The molecule has 10 aromatic carbocycles. The molecular weight excluding hydrogens is 2050 g/mol. The van der Waals surface area contributed by atoms with Crippen molar-refractivity contribution in [2.45, 2.75) is 152 Å². The van der Waals surface area contributed by atoms with Gasteiger partial charge >= 0.3 is 0 Å². The van der Waals surface area contributed by atoms with Crippen molar-refractivity contribution in [3.63, 3.8) is 0 Å². The molecular formula is C103H104Ir3N12O4-4. The summed E-state index contributed by atoms with van der Waals surface area (Å²) in [5.74, 6) is 1.17. The zero-order valence-corrected chi connectivity index (χ0v) is 78.3. The maximum atomic E-state index is 8.56. The fourth-order valence-electron chi connectivity index (χ4n) is 15.2. The fourth-order valence-corrected chi connectivity index (χ4v) is 15.2. The SMILES string of the molecule is CC(C)Cc1cc(-c2ccccn2)[n-]n1.CC(C)Cn1c2c[c-]c(-c3cc(-c4cccc5ccccc45)ncn3)cc2c2ccccc21.CC(O)CC(C)O.CC(O)CC(C)O.CCn1c2c[c-]c(-c3cc(C(C)(C)C)ncn3)cc2c2ccccc21.Cc1ncnc(-c2[c-]cc3c(c2)c2ccccc2n3-c2ccccc2)c1-c1ccccc1.[Ir].[Ir].[Ir]. The molecule has 4 atom stereocenters. The Labute approximate surface area is 756 Å². The topological polar surface area (TPSA) is 213 Å². The van der Waals surface area contributed by atoms with Gasteiger partial charge in [0.2, 0.25) is 0 Å². The molecule has 19 heteroatoms. The van der Waals surface area contributed by atoms with Gasteiger partial charge in [-0.2, -0.15) is 0 Å². The van der Waals surface area contributed by atoms with Gasteiger partial charge in [-0.1, -0.05) is 240 Å². The monoisotopic (exact) mass is 2150 g/mol. The van der Waals surface area contributed by atoms with Crippen LogP contribution in [0.3, 0.4) is 0 Å². The van der Waals surface area contributed by atoms with Gasteiger partial charge in [-0.15, -0.1) is 71.3 Å². The summed E-state index contributed by atoms with van der Waals surface area (Å²) in [6.45, 7) is 28.1. The number of aromatic nitrogens is 12. The van der Waals surface area contributed by atoms with E-state index in [-0.39, 0.29) is 90.1 Å². The number of aliphatic hydroxyl groups excluding tert-OH is 4. The van der Waals surface area contributed by atoms with Crippen LogP contribution >= 0.6 is 0 Å². The summed E-state index contributed by atoms with van der Waals surface area (Å²) in [7, 11) is 0. The van der Waals surface area contributed by atoms with E-state index in [1.54, 1.807) is 52.9 Å². The van der Waals surface area contributed by atoms with Crippen molar-refractivity contribution in [2.24, 2.45) is 11.8 Å². The van der Waals surface area contributed by atoms with E-state index in [0.29, 0.717) is 24.7 Å². The van der Waals surface area contributed by atoms with Gasteiger partial charge in [-0.25, -0.2) is 15.0 Å². The van der Waals surface area contributed by atoms with Crippen molar-refractivity contribution >= 4 is 76.2 Å². The molecule has 0 saturated heterocycles. The van der Waals surface area contributed by atoms with Gasteiger partial charge < -0.3 is 44.3 Å². The van der Waals surface area contributed by atoms with Crippen LogP contribution in [-0.2, 0) is 85.2 Å². The average molecular weight is 2150 g/mol. The Bertz CT molecular complexity index is 6380. The predicted molar refractivity (Wildman–Crippen MR) is 487 cm³/mol. The summed E-state index contributed by atoms with van der Waals surface area (Å²) in [6.07, 6.45) is 7.14. The molecule has 0 aliphatic rings. The molecule has 0 aliphatic heterocycles. The van der Waals surface area contributed by atoms with Crippen LogP contribution in [0.25, 0.3) is 149 Å². The molecule has 18 rings (SSSR count). The largest absolute Gasteiger partial charge is 0.573 e.